The van der Waals surface area contributed by atoms with Crippen LogP contribution in [0.3, 0.4) is 0 Å². The Bertz CT molecular complexity index is 1140. The van der Waals surface area contributed by atoms with Crippen LogP contribution in [0.15, 0.2) is 64.4 Å². The highest BCUT2D eigenvalue weighted by Gasteiger charge is 2.16. The third-order valence-corrected chi connectivity index (χ3v) is 5.96. The minimum Gasteiger partial charge on any atom is -0.492 e. The van der Waals surface area contributed by atoms with Crippen molar-refractivity contribution in [1.82, 2.24) is 14.3 Å². The van der Waals surface area contributed by atoms with Gasteiger partial charge in [-0.25, -0.2) is 9.48 Å². The molecule has 0 amide bonds. The SMILES string of the molecule is CCc1nn(CCCC2=NCCN(c3cccc(Cl)c3)C2)c(=O)n1CCOc1ccccc1. The summed E-state index contributed by atoms with van der Waals surface area (Å²) in [6.07, 6.45) is 2.37. The van der Waals surface area contributed by atoms with Gasteiger partial charge in [0.05, 0.1) is 19.6 Å². The van der Waals surface area contributed by atoms with Crippen molar-refractivity contribution >= 4 is 23.0 Å². The van der Waals surface area contributed by atoms with E-state index in [4.69, 9.17) is 21.3 Å². The van der Waals surface area contributed by atoms with E-state index in [1.807, 2.05) is 55.5 Å². The number of rotatable bonds is 10. The van der Waals surface area contributed by atoms with Crippen molar-refractivity contribution in [1.29, 1.82) is 0 Å². The maximum Gasteiger partial charge on any atom is 0.346 e. The lowest BCUT2D eigenvalue weighted by Crippen LogP contribution is -2.36. The Morgan fingerprint density at radius 1 is 1.09 bits per heavy atom. The number of ether oxygens (including phenoxy) is 1. The number of hydrogen-bond acceptors (Lipinski definition) is 5. The number of aromatic nitrogens is 3. The fraction of sp³-hybridized carbons (Fsp3) is 0.400. The molecule has 4 rings (SSSR count). The van der Waals surface area contributed by atoms with Gasteiger partial charge in [-0.3, -0.25) is 9.56 Å². The van der Waals surface area contributed by atoms with Gasteiger partial charge in [0.15, 0.2) is 0 Å². The van der Waals surface area contributed by atoms with Crippen LogP contribution in [0.4, 0.5) is 5.69 Å². The lowest BCUT2D eigenvalue weighted by atomic mass is 10.1. The summed E-state index contributed by atoms with van der Waals surface area (Å²) in [5, 5.41) is 5.30. The van der Waals surface area contributed by atoms with Crippen molar-refractivity contribution in [2.24, 2.45) is 4.99 Å². The molecule has 2 aromatic carbocycles. The third kappa shape index (κ3) is 6.05. The van der Waals surface area contributed by atoms with Crippen LogP contribution in [0.25, 0.3) is 0 Å². The Kier molecular flexibility index (Phi) is 7.83. The van der Waals surface area contributed by atoms with Crippen molar-refractivity contribution in [2.45, 2.75) is 39.3 Å². The second-order valence-electron chi connectivity index (χ2n) is 8.04. The van der Waals surface area contributed by atoms with E-state index in [2.05, 4.69) is 16.1 Å². The maximum atomic E-state index is 12.9. The van der Waals surface area contributed by atoms with E-state index in [1.165, 1.54) is 0 Å². The van der Waals surface area contributed by atoms with Gasteiger partial charge in [0.1, 0.15) is 18.2 Å². The number of para-hydroxylation sites is 1. The Labute approximate surface area is 199 Å². The molecule has 0 unspecified atom stereocenters. The molecular formula is C25H30ClN5O2. The molecule has 1 aliphatic heterocycles. The van der Waals surface area contributed by atoms with Crippen molar-refractivity contribution in [2.75, 3.05) is 31.1 Å². The normalized spacial score (nSPS) is 13.8. The molecule has 0 bridgehead atoms. The predicted molar refractivity (Wildman–Crippen MR) is 133 cm³/mol. The van der Waals surface area contributed by atoms with Crippen LogP contribution in [0.2, 0.25) is 5.02 Å². The molecule has 0 radical (unpaired) electrons. The minimum absolute atomic E-state index is 0.0744. The Morgan fingerprint density at radius 2 is 1.94 bits per heavy atom. The Hall–Kier alpha value is -3.06. The van der Waals surface area contributed by atoms with Gasteiger partial charge in [0.2, 0.25) is 0 Å². The first-order valence-corrected chi connectivity index (χ1v) is 11.9. The van der Waals surface area contributed by atoms with Crippen molar-refractivity contribution < 1.29 is 4.74 Å². The van der Waals surface area contributed by atoms with Crippen LogP contribution in [-0.2, 0) is 19.5 Å². The molecule has 3 aromatic rings. The highest BCUT2D eigenvalue weighted by Crippen LogP contribution is 2.21. The number of halogens is 1. The molecule has 1 aliphatic rings. The first-order valence-electron chi connectivity index (χ1n) is 11.5. The standard InChI is InChI=1S/C25H30ClN5O2/c1-2-24-28-31(25(32)30(24)16-17-33-23-11-4-3-5-12-23)14-7-9-21-19-29(15-13-27-21)22-10-6-8-20(26)18-22/h3-6,8,10-12,18H,2,7,9,13-17,19H2,1H3. The van der Waals surface area contributed by atoms with Crippen molar-refractivity contribution in [3.8, 4) is 5.75 Å². The van der Waals surface area contributed by atoms with Gasteiger partial charge in [0.25, 0.3) is 0 Å². The summed E-state index contributed by atoms with van der Waals surface area (Å²) in [5.74, 6) is 1.59. The van der Waals surface area contributed by atoms with Crippen molar-refractivity contribution in [3.05, 3.63) is 75.9 Å². The summed E-state index contributed by atoms with van der Waals surface area (Å²) < 4.78 is 9.07. The van der Waals surface area contributed by atoms with Crippen LogP contribution in [0.1, 0.15) is 25.6 Å². The van der Waals surface area contributed by atoms with E-state index >= 15 is 0 Å². The average Bonchev–Trinajstić information content (AvgIpc) is 3.14. The Balaban J connectivity index is 1.31. The van der Waals surface area contributed by atoms with Gasteiger partial charge in [-0.1, -0.05) is 42.8 Å². The molecule has 1 aromatic heterocycles. The summed E-state index contributed by atoms with van der Waals surface area (Å²) in [6.45, 7) is 5.96. The first-order chi connectivity index (χ1) is 16.1. The highest BCUT2D eigenvalue weighted by atomic mass is 35.5. The van der Waals surface area contributed by atoms with E-state index in [0.717, 1.165) is 60.5 Å². The zero-order valence-electron chi connectivity index (χ0n) is 19.0. The molecule has 2 heterocycles. The van der Waals surface area contributed by atoms with Gasteiger partial charge in [-0.15, -0.1) is 0 Å². The molecule has 0 N–H and O–H groups in total. The number of benzene rings is 2. The molecule has 0 spiro atoms. The molecule has 7 nitrogen and oxygen atoms in total. The number of hydrogen-bond donors (Lipinski definition) is 0. The number of nitrogens with zero attached hydrogens (tertiary/aromatic N) is 5. The quantitative estimate of drug-likeness (QED) is 0.450. The molecule has 8 heteroatoms. The molecule has 0 aliphatic carbocycles. The summed E-state index contributed by atoms with van der Waals surface area (Å²) >= 11 is 6.15. The van der Waals surface area contributed by atoms with Crippen LogP contribution in [-0.4, -0.2) is 46.3 Å². The fourth-order valence-electron chi connectivity index (χ4n) is 4.05. The second kappa shape index (κ2) is 11.2. The van der Waals surface area contributed by atoms with E-state index in [9.17, 15) is 4.79 Å². The lowest BCUT2D eigenvalue weighted by Gasteiger charge is -2.28. The maximum absolute atomic E-state index is 12.9. The lowest BCUT2D eigenvalue weighted by molar-refractivity contribution is 0.294. The van der Waals surface area contributed by atoms with E-state index in [1.54, 1.807) is 9.25 Å². The summed E-state index contributed by atoms with van der Waals surface area (Å²) in [4.78, 5) is 19.9. The van der Waals surface area contributed by atoms with Crippen LogP contribution >= 0.6 is 11.6 Å². The first kappa shape index (κ1) is 23.1. The number of aryl methyl sites for hydroxylation is 2. The molecule has 33 heavy (non-hydrogen) atoms. The largest absolute Gasteiger partial charge is 0.492 e. The monoisotopic (exact) mass is 467 g/mol. The molecular weight excluding hydrogens is 438 g/mol. The van der Waals surface area contributed by atoms with Crippen LogP contribution in [0.5, 0.6) is 5.75 Å². The zero-order valence-corrected chi connectivity index (χ0v) is 19.7. The number of aliphatic imine (C=N–C) groups is 1. The summed E-state index contributed by atoms with van der Waals surface area (Å²) in [5.41, 5.74) is 2.20. The van der Waals surface area contributed by atoms with Gasteiger partial charge in [-0.2, -0.15) is 5.10 Å². The summed E-state index contributed by atoms with van der Waals surface area (Å²) in [7, 11) is 0. The molecule has 0 atom stereocenters. The van der Waals surface area contributed by atoms with Gasteiger partial charge >= 0.3 is 5.69 Å². The van der Waals surface area contributed by atoms with Gasteiger partial charge in [-0.05, 0) is 43.2 Å². The number of anilines is 1. The van der Waals surface area contributed by atoms with Gasteiger partial charge < -0.3 is 9.64 Å². The molecule has 0 fully saturated rings. The van der Waals surface area contributed by atoms with E-state index < -0.39 is 0 Å². The van der Waals surface area contributed by atoms with Crippen molar-refractivity contribution in [3.63, 3.8) is 0 Å². The third-order valence-electron chi connectivity index (χ3n) is 5.73. The average molecular weight is 468 g/mol. The zero-order chi connectivity index (χ0) is 23.0. The molecule has 0 saturated carbocycles. The van der Waals surface area contributed by atoms with Crippen LogP contribution < -0.4 is 15.3 Å². The minimum atomic E-state index is -0.0744. The summed E-state index contributed by atoms with van der Waals surface area (Å²) in [6, 6.07) is 17.6. The van der Waals surface area contributed by atoms with E-state index in [-0.39, 0.29) is 5.69 Å². The topological polar surface area (TPSA) is 64.7 Å². The molecule has 174 valence electrons. The van der Waals surface area contributed by atoms with Crippen LogP contribution in [0, 0.1) is 0 Å². The highest BCUT2D eigenvalue weighted by molar-refractivity contribution is 6.30. The van der Waals surface area contributed by atoms with E-state index in [0.29, 0.717) is 26.1 Å². The smallest absolute Gasteiger partial charge is 0.346 e. The Morgan fingerprint density at radius 3 is 2.73 bits per heavy atom. The second-order valence-corrected chi connectivity index (χ2v) is 8.48. The molecule has 0 saturated heterocycles. The predicted octanol–water partition coefficient (Wildman–Crippen LogP) is 4.08. The van der Waals surface area contributed by atoms with Gasteiger partial charge in [0, 0.05) is 35.9 Å². The fourth-order valence-corrected chi connectivity index (χ4v) is 4.24.